The topological polar surface area (TPSA) is 38.3 Å². The number of piperidine rings is 1. The summed E-state index contributed by atoms with van der Waals surface area (Å²) < 4.78 is 5.83. The third-order valence-corrected chi connectivity index (χ3v) is 3.62. The Hall–Kier alpha value is -1.84. The molecule has 0 spiro atoms. The van der Waals surface area contributed by atoms with Crippen LogP contribution >= 0.6 is 0 Å². The van der Waals surface area contributed by atoms with Crippen LogP contribution < -0.4 is 9.64 Å². The van der Waals surface area contributed by atoms with Gasteiger partial charge in [-0.3, -0.25) is 0 Å². The minimum Gasteiger partial charge on any atom is -0.475 e. The molecule has 0 unspecified atom stereocenters. The molecule has 2 heterocycles. The van der Waals surface area contributed by atoms with Gasteiger partial charge in [-0.15, -0.1) is 0 Å². The maximum absolute atomic E-state index is 5.83. The number of ether oxygens (including phenoxy) is 1. The normalized spacial score (nSPS) is 15.6. The molecule has 0 saturated carbocycles. The predicted octanol–water partition coefficient (Wildman–Crippen LogP) is 3.41. The lowest BCUT2D eigenvalue weighted by Crippen LogP contribution is -2.30. The molecule has 106 valence electrons. The van der Waals surface area contributed by atoms with Crippen molar-refractivity contribution in [2.75, 3.05) is 24.6 Å². The van der Waals surface area contributed by atoms with Crippen molar-refractivity contribution in [3.63, 3.8) is 0 Å². The summed E-state index contributed by atoms with van der Waals surface area (Å²) in [5.41, 5.74) is 1.84. The van der Waals surface area contributed by atoms with E-state index in [9.17, 15) is 0 Å². The highest BCUT2D eigenvalue weighted by Crippen LogP contribution is 2.29. The van der Waals surface area contributed by atoms with Crippen molar-refractivity contribution in [2.45, 2.75) is 32.6 Å². The second-order valence-corrected chi connectivity index (χ2v) is 5.24. The first-order valence-corrected chi connectivity index (χ1v) is 7.53. The molecular formula is C16H21N3O. The van der Waals surface area contributed by atoms with E-state index in [0.29, 0.717) is 12.5 Å². The van der Waals surface area contributed by atoms with E-state index in [4.69, 9.17) is 9.72 Å². The molecule has 0 radical (unpaired) electrons. The third-order valence-electron chi connectivity index (χ3n) is 3.62. The Balaban J connectivity index is 2.01. The fourth-order valence-corrected chi connectivity index (χ4v) is 2.58. The fraction of sp³-hybridized carbons (Fsp3) is 0.500. The van der Waals surface area contributed by atoms with Crippen LogP contribution in [0.15, 0.2) is 24.3 Å². The second kappa shape index (κ2) is 6.07. The lowest BCUT2D eigenvalue weighted by molar-refractivity contribution is 0.305. The van der Waals surface area contributed by atoms with E-state index in [2.05, 4.69) is 16.8 Å². The summed E-state index contributed by atoms with van der Waals surface area (Å²) in [7, 11) is 0. The molecule has 1 saturated heterocycles. The summed E-state index contributed by atoms with van der Waals surface area (Å²) in [5.74, 6) is 1.60. The number of rotatable bonds is 4. The summed E-state index contributed by atoms with van der Waals surface area (Å²) in [5, 5.41) is 0. The number of aromatic nitrogens is 2. The molecule has 0 amide bonds. The van der Waals surface area contributed by atoms with Gasteiger partial charge in [0.15, 0.2) is 5.82 Å². The van der Waals surface area contributed by atoms with Gasteiger partial charge < -0.3 is 9.64 Å². The van der Waals surface area contributed by atoms with Crippen LogP contribution in [0.5, 0.6) is 5.88 Å². The molecule has 4 heteroatoms. The zero-order valence-electron chi connectivity index (χ0n) is 12.0. The fourth-order valence-electron chi connectivity index (χ4n) is 2.58. The molecule has 1 aliphatic rings. The van der Waals surface area contributed by atoms with Crippen LogP contribution in [0.2, 0.25) is 0 Å². The average Bonchev–Trinajstić information content (AvgIpc) is 2.53. The standard InChI is InChI=1S/C16H21N3O/c1-2-12-20-16-15(19-10-6-3-7-11-19)17-13-8-4-5-9-14(13)18-16/h4-5,8-9H,2-3,6-7,10-12H2,1H3. The van der Waals surface area contributed by atoms with Gasteiger partial charge in [0.2, 0.25) is 0 Å². The first-order valence-electron chi connectivity index (χ1n) is 7.53. The first kappa shape index (κ1) is 13.2. The lowest BCUT2D eigenvalue weighted by Gasteiger charge is -2.28. The maximum Gasteiger partial charge on any atom is 0.258 e. The van der Waals surface area contributed by atoms with Crippen LogP contribution in [0, 0.1) is 0 Å². The number of anilines is 1. The molecule has 1 aliphatic heterocycles. The number of nitrogens with zero attached hydrogens (tertiary/aromatic N) is 3. The van der Waals surface area contributed by atoms with E-state index in [1.54, 1.807) is 0 Å². The van der Waals surface area contributed by atoms with Gasteiger partial charge in [0, 0.05) is 13.1 Å². The van der Waals surface area contributed by atoms with Gasteiger partial charge in [-0.1, -0.05) is 19.1 Å². The van der Waals surface area contributed by atoms with Gasteiger partial charge in [-0.05, 0) is 37.8 Å². The summed E-state index contributed by atoms with van der Waals surface area (Å²) in [6.45, 7) is 4.90. The molecule has 1 aromatic heterocycles. The SMILES string of the molecule is CCCOc1nc2ccccc2nc1N1CCCCC1. The van der Waals surface area contributed by atoms with E-state index in [1.165, 1.54) is 19.3 Å². The highest BCUT2D eigenvalue weighted by Gasteiger charge is 2.19. The van der Waals surface area contributed by atoms with Gasteiger partial charge in [-0.25, -0.2) is 9.97 Å². The van der Waals surface area contributed by atoms with E-state index < -0.39 is 0 Å². The molecule has 20 heavy (non-hydrogen) atoms. The molecule has 0 bridgehead atoms. The summed E-state index contributed by atoms with van der Waals surface area (Å²) in [4.78, 5) is 11.8. The van der Waals surface area contributed by atoms with Crippen molar-refractivity contribution in [3.8, 4) is 5.88 Å². The Morgan fingerprint density at radius 3 is 2.45 bits per heavy atom. The predicted molar refractivity (Wildman–Crippen MR) is 81.4 cm³/mol. The van der Waals surface area contributed by atoms with Gasteiger partial charge in [0.05, 0.1) is 17.6 Å². The van der Waals surface area contributed by atoms with Crippen LogP contribution in [0.4, 0.5) is 5.82 Å². The zero-order valence-corrected chi connectivity index (χ0v) is 12.0. The minimum atomic E-state index is 0.687. The monoisotopic (exact) mass is 271 g/mol. The molecule has 4 nitrogen and oxygen atoms in total. The highest BCUT2D eigenvalue weighted by molar-refractivity contribution is 5.77. The molecule has 3 rings (SSSR count). The van der Waals surface area contributed by atoms with Crippen molar-refractivity contribution >= 4 is 16.9 Å². The number of hydrogen-bond donors (Lipinski definition) is 0. The Kier molecular flexibility index (Phi) is 4.00. The van der Waals surface area contributed by atoms with Crippen LogP contribution in [0.25, 0.3) is 11.0 Å². The lowest BCUT2D eigenvalue weighted by atomic mass is 10.1. The summed E-state index contributed by atoms with van der Waals surface area (Å²) in [6.07, 6.45) is 4.74. The van der Waals surface area contributed by atoms with Crippen LogP contribution in [0.1, 0.15) is 32.6 Å². The van der Waals surface area contributed by atoms with Gasteiger partial charge >= 0.3 is 0 Å². The smallest absolute Gasteiger partial charge is 0.258 e. The number of para-hydroxylation sites is 2. The van der Waals surface area contributed by atoms with E-state index in [1.807, 2.05) is 24.3 Å². The summed E-state index contributed by atoms with van der Waals surface area (Å²) >= 11 is 0. The number of fused-ring (bicyclic) bond motifs is 1. The molecule has 0 atom stereocenters. The molecule has 2 aromatic rings. The third kappa shape index (κ3) is 2.69. The second-order valence-electron chi connectivity index (χ2n) is 5.24. The maximum atomic E-state index is 5.83. The number of benzene rings is 1. The Labute approximate surface area is 119 Å². The van der Waals surface area contributed by atoms with Crippen LogP contribution in [0.3, 0.4) is 0 Å². The van der Waals surface area contributed by atoms with Crippen molar-refractivity contribution in [1.29, 1.82) is 0 Å². The van der Waals surface area contributed by atoms with Gasteiger partial charge in [0.25, 0.3) is 5.88 Å². The Morgan fingerprint density at radius 1 is 1.05 bits per heavy atom. The molecule has 0 aliphatic carbocycles. The zero-order chi connectivity index (χ0) is 13.8. The molecule has 0 N–H and O–H groups in total. The van der Waals surface area contributed by atoms with Crippen molar-refractivity contribution < 1.29 is 4.74 Å². The molecule has 1 aromatic carbocycles. The van der Waals surface area contributed by atoms with Gasteiger partial charge in [0.1, 0.15) is 0 Å². The average molecular weight is 271 g/mol. The Bertz CT molecular complexity index is 579. The van der Waals surface area contributed by atoms with Crippen LogP contribution in [-0.2, 0) is 0 Å². The van der Waals surface area contributed by atoms with Crippen molar-refractivity contribution in [1.82, 2.24) is 9.97 Å². The summed E-state index contributed by atoms with van der Waals surface area (Å²) in [6, 6.07) is 7.99. The minimum absolute atomic E-state index is 0.687. The first-order chi connectivity index (χ1) is 9.88. The van der Waals surface area contributed by atoms with E-state index in [0.717, 1.165) is 36.4 Å². The van der Waals surface area contributed by atoms with Crippen LogP contribution in [-0.4, -0.2) is 29.7 Å². The van der Waals surface area contributed by atoms with E-state index in [-0.39, 0.29) is 0 Å². The van der Waals surface area contributed by atoms with Crippen molar-refractivity contribution in [3.05, 3.63) is 24.3 Å². The quantitative estimate of drug-likeness (QED) is 0.854. The Morgan fingerprint density at radius 2 is 1.75 bits per heavy atom. The van der Waals surface area contributed by atoms with Crippen molar-refractivity contribution in [2.24, 2.45) is 0 Å². The highest BCUT2D eigenvalue weighted by atomic mass is 16.5. The largest absolute Gasteiger partial charge is 0.475 e. The van der Waals surface area contributed by atoms with Gasteiger partial charge in [-0.2, -0.15) is 0 Å². The molecule has 1 fully saturated rings. The van der Waals surface area contributed by atoms with E-state index >= 15 is 0 Å². The molecular weight excluding hydrogens is 250 g/mol. The number of hydrogen-bond acceptors (Lipinski definition) is 4.